The number of hydrogen-bond donors (Lipinski definition) is 1. The van der Waals surface area contributed by atoms with E-state index in [0.29, 0.717) is 0 Å². The number of hydrogen-bond acceptors (Lipinski definition) is 3. The Labute approximate surface area is 79.1 Å². The summed E-state index contributed by atoms with van der Waals surface area (Å²) in [7, 11) is 1.42. The zero-order chi connectivity index (χ0) is 8.65. The molecule has 0 saturated heterocycles. The molecule has 0 unspecified atom stereocenters. The van der Waals surface area contributed by atoms with Gasteiger partial charge in [-0.05, 0) is 11.8 Å². The van der Waals surface area contributed by atoms with Crippen LogP contribution in [0.15, 0.2) is 0 Å². The zero-order valence-electron chi connectivity index (χ0n) is 7.66. The summed E-state index contributed by atoms with van der Waals surface area (Å²) in [5.74, 6) is -0.126. The van der Waals surface area contributed by atoms with Crippen LogP contribution in [0.3, 0.4) is 0 Å². The van der Waals surface area contributed by atoms with Crippen LogP contribution >= 0.6 is 12.4 Å². The van der Waals surface area contributed by atoms with Crippen LogP contribution in [0.25, 0.3) is 0 Å². The molecule has 0 amide bonds. The summed E-state index contributed by atoms with van der Waals surface area (Å²) < 4.78 is 4.64. The molecule has 1 aliphatic carbocycles. The van der Waals surface area contributed by atoms with E-state index in [1.165, 1.54) is 7.11 Å². The third-order valence-corrected chi connectivity index (χ3v) is 2.83. The van der Waals surface area contributed by atoms with Gasteiger partial charge in [0.2, 0.25) is 0 Å². The minimum absolute atomic E-state index is 0. The van der Waals surface area contributed by atoms with Gasteiger partial charge < -0.3 is 10.5 Å². The Kier molecular flexibility index (Phi) is 3.54. The fraction of sp³-hybridized carbons (Fsp3) is 0.875. The summed E-state index contributed by atoms with van der Waals surface area (Å²) in [5, 5.41) is 0. The Morgan fingerprint density at radius 1 is 1.58 bits per heavy atom. The highest BCUT2D eigenvalue weighted by Crippen LogP contribution is 2.45. The molecule has 1 fully saturated rings. The molecule has 0 spiro atoms. The number of carbonyl (C=O) groups excluding carboxylic acids is 1. The molecular weight excluding hydrogens is 178 g/mol. The van der Waals surface area contributed by atoms with E-state index in [1.54, 1.807) is 0 Å². The Morgan fingerprint density at radius 2 is 2.08 bits per heavy atom. The molecule has 2 N–H and O–H groups in total. The van der Waals surface area contributed by atoms with Gasteiger partial charge in [-0.1, -0.05) is 13.8 Å². The number of carbonyl (C=O) groups is 1. The van der Waals surface area contributed by atoms with Crippen molar-refractivity contribution < 1.29 is 9.53 Å². The van der Waals surface area contributed by atoms with Crippen LogP contribution in [-0.4, -0.2) is 19.1 Å². The number of nitrogens with two attached hydrogens (primary N) is 1. The van der Waals surface area contributed by atoms with Crippen molar-refractivity contribution >= 4 is 18.4 Å². The second-order valence-electron chi connectivity index (χ2n) is 3.74. The molecule has 72 valence electrons. The molecule has 0 heterocycles. The first-order chi connectivity index (χ1) is 5.00. The molecule has 0 aromatic carbocycles. The van der Waals surface area contributed by atoms with E-state index >= 15 is 0 Å². The number of methoxy groups -OCH3 is 1. The Morgan fingerprint density at radius 3 is 2.33 bits per heavy atom. The molecular formula is C8H16ClNO2. The van der Waals surface area contributed by atoms with Crippen LogP contribution in [0.4, 0.5) is 0 Å². The standard InChI is InChI=1S/C8H15NO2.ClH/c1-8(2)5(4-6(8)9)7(10)11-3;/h5-6H,4,9H2,1-3H3;1H/t5-,6-;/m1./s1. The number of halogens is 1. The summed E-state index contributed by atoms with van der Waals surface area (Å²) >= 11 is 0. The lowest BCUT2D eigenvalue weighted by molar-refractivity contribution is -0.157. The van der Waals surface area contributed by atoms with Crippen LogP contribution in [-0.2, 0) is 9.53 Å². The van der Waals surface area contributed by atoms with Crippen LogP contribution < -0.4 is 5.73 Å². The zero-order valence-corrected chi connectivity index (χ0v) is 8.48. The van der Waals surface area contributed by atoms with Gasteiger partial charge in [0.25, 0.3) is 0 Å². The molecule has 1 saturated carbocycles. The summed E-state index contributed by atoms with van der Waals surface area (Å²) in [5.41, 5.74) is 5.66. The number of ether oxygens (including phenoxy) is 1. The Bertz CT molecular complexity index is 182. The van der Waals surface area contributed by atoms with E-state index in [0.717, 1.165) is 6.42 Å². The predicted octanol–water partition coefficient (Wildman–Crippen LogP) is 0.955. The van der Waals surface area contributed by atoms with Gasteiger partial charge in [-0.2, -0.15) is 0 Å². The number of rotatable bonds is 1. The van der Waals surface area contributed by atoms with Crippen molar-refractivity contribution in [2.45, 2.75) is 26.3 Å². The van der Waals surface area contributed by atoms with Gasteiger partial charge in [0.1, 0.15) is 0 Å². The second-order valence-corrected chi connectivity index (χ2v) is 3.74. The quantitative estimate of drug-likeness (QED) is 0.631. The van der Waals surface area contributed by atoms with Crippen molar-refractivity contribution in [3.05, 3.63) is 0 Å². The molecule has 0 aromatic heterocycles. The molecule has 0 aliphatic heterocycles. The maximum absolute atomic E-state index is 11.1. The van der Waals surface area contributed by atoms with Crippen molar-refractivity contribution in [1.29, 1.82) is 0 Å². The monoisotopic (exact) mass is 193 g/mol. The van der Waals surface area contributed by atoms with Crippen molar-refractivity contribution in [1.82, 2.24) is 0 Å². The maximum Gasteiger partial charge on any atom is 0.309 e. The molecule has 0 bridgehead atoms. The van der Waals surface area contributed by atoms with Crippen molar-refractivity contribution in [2.75, 3.05) is 7.11 Å². The fourth-order valence-electron chi connectivity index (χ4n) is 1.50. The number of esters is 1. The molecule has 0 aromatic rings. The molecule has 1 aliphatic rings. The summed E-state index contributed by atoms with van der Waals surface area (Å²) in [4.78, 5) is 11.1. The first kappa shape index (κ1) is 11.7. The van der Waals surface area contributed by atoms with Gasteiger partial charge in [-0.15, -0.1) is 12.4 Å². The highest BCUT2D eigenvalue weighted by atomic mass is 35.5. The van der Waals surface area contributed by atoms with Gasteiger partial charge in [0.05, 0.1) is 13.0 Å². The van der Waals surface area contributed by atoms with E-state index in [4.69, 9.17) is 5.73 Å². The predicted molar refractivity (Wildman–Crippen MR) is 49.1 cm³/mol. The van der Waals surface area contributed by atoms with E-state index in [2.05, 4.69) is 4.74 Å². The Balaban J connectivity index is 0.00000121. The van der Waals surface area contributed by atoms with Gasteiger partial charge in [0.15, 0.2) is 0 Å². The van der Waals surface area contributed by atoms with Crippen LogP contribution in [0.5, 0.6) is 0 Å². The summed E-state index contributed by atoms with van der Waals surface area (Å²) in [6, 6.07) is 0.145. The minimum atomic E-state index is -0.128. The van der Waals surface area contributed by atoms with Crippen molar-refractivity contribution in [2.24, 2.45) is 17.1 Å². The average Bonchev–Trinajstić information content (AvgIpc) is 1.98. The fourth-order valence-corrected chi connectivity index (χ4v) is 1.50. The van der Waals surface area contributed by atoms with Crippen LogP contribution in [0.2, 0.25) is 0 Å². The van der Waals surface area contributed by atoms with E-state index in [-0.39, 0.29) is 35.8 Å². The lowest BCUT2D eigenvalue weighted by atomic mass is 9.59. The largest absolute Gasteiger partial charge is 0.469 e. The molecule has 2 atom stereocenters. The molecule has 3 nitrogen and oxygen atoms in total. The van der Waals surface area contributed by atoms with Crippen molar-refractivity contribution in [3.63, 3.8) is 0 Å². The highest BCUT2D eigenvalue weighted by molar-refractivity contribution is 5.85. The third kappa shape index (κ3) is 1.57. The first-order valence-corrected chi connectivity index (χ1v) is 3.83. The Hall–Kier alpha value is -0.280. The highest BCUT2D eigenvalue weighted by Gasteiger charge is 2.50. The topological polar surface area (TPSA) is 52.3 Å². The summed E-state index contributed by atoms with van der Waals surface area (Å²) in [6.45, 7) is 4.01. The first-order valence-electron chi connectivity index (χ1n) is 3.83. The van der Waals surface area contributed by atoms with E-state index in [9.17, 15) is 4.79 Å². The molecule has 1 rings (SSSR count). The third-order valence-electron chi connectivity index (χ3n) is 2.83. The van der Waals surface area contributed by atoms with Crippen molar-refractivity contribution in [3.8, 4) is 0 Å². The lowest BCUT2D eigenvalue weighted by Gasteiger charge is -2.48. The normalized spacial score (nSPS) is 31.3. The minimum Gasteiger partial charge on any atom is -0.469 e. The molecule has 4 heteroatoms. The molecule has 0 radical (unpaired) electrons. The summed E-state index contributed by atoms with van der Waals surface area (Å²) in [6.07, 6.45) is 0.764. The van der Waals surface area contributed by atoms with Crippen LogP contribution in [0.1, 0.15) is 20.3 Å². The second kappa shape index (κ2) is 3.62. The lowest BCUT2D eigenvalue weighted by Crippen LogP contribution is -2.57. The van der Waals surface area contributed by atoms with E-state index < -0.39 is 0 Å². The maximum atomic E-state index is 11.1. The van der Waals surface area contributed by atoms with Gasteiger partial charge >= 0.3 is 5.97 Å². The van der Waals surface area contributed by atoms with E-state index in [1.807, 2.05) is 13.8 Å². The van der Waals surface area contributed by atoms with Crippen LogP contribution in [0, 0.1) is 11.3 Å². The average molecular weight is 194 g/mol. The SMILES string of the molecule is COC(=O)[C@H]1C[C@@H](N)C1(C)C.Cl. The molecule has 12 heavy (non-hydrogen) atoms. The smallest absolute Gasteiger partial charge is 0.309 e. The van der Waals surface area contributed by atoms with Gasteiger partial charge in [-0.3, -0.25) is 4.79 Å². The van der Waals surface area contributed by atoms with Gasteiger partial charge in [0, 0.05) is 6.04 Å². The van der Waals surface area contributed by atoms with Gasteiger partial charge in [-0.25, -0.2) is 0 Å².